The van der Waals surface area contributed by atoms with Gasteiger partial charge < -0.3 is 35.8 Å². The van der Waals surface area contributed by atoms with Crippen LogP contribution in [0.25, 0.3) is 10.9 Å². The Morgan fingerprint density at radius 1 is 1.02 bits per heavy atom. The van der Waals surface area contributed by atoms with Gasteiger partial charge in [0.15, 0.2) is 0 Å². The van der Waals surface area contributed by atoms with Gasteiger partial charge in [0.2, 0.25) is 17.7 Å². The van der Waals surface area contributed by atoms with E-state index in [1.807, 2.05) is 39.0 Å². The number of nitrogens with zero attached hydrogens (tertiary/aromatic N) is 4. The van der Waals surface area contributed by atoms with Gasteiger partial charge in [-0.05, 0) is 75.8 Å². The van der Waals surface area contributed by atoms with E-state index in [2.05, 4.69) is 36.1 Å². The van der Waals surface area contributed by atoms with E-state index < -0.39 is 23.5 Å². The number of nitrogens with one attached hydrogen (secondary N) is 4. The molecule has 49 heavy (non-hydrogen) atoms. The van der Waals surface area contributed by atoms with Crippen molar-refractivity contribution in [2.24, 2.45) is 5.41 Å². The number of likely N-dealkylation sites (N-methyl/N-ethyl adjacent to an activating group) is 1. The minimum Gasteiger partial charge on any atom is -0.494 e. The molecule has 3 amide bonds. The largest absolute Gasteiger partial charge is 0.494 e. The number of carbonyl (C=O) groups excluding carboxylic acids is 3. The number of benzene rings is 2. The molecule has 1 aromatic heterocycles. The van der Waals surface area contributed by atoms with Crippen LogP contribution in [0.5, 0.6) is 5.75 Å². The van der Waals surface area contributed by atoms with Gasteiger partial charge in [-0.25, -0.2) is 9.97 Å². The molecule has 12 nitrogen and oxygen atoms in total. The van der Waals surface area contributed by atoms with E-state index in [-0.39, 0.29) is 30.1 Å². The SMILES string of the molecule is CN[C@@H](C)C(=O)N[C@H](C(=O)N1CCC[C@H]1C(=O)Nc1cc2c(Nc3ccc(N4CCCCC4)c(Cl)c3)ncnc2cc1OC)C(C)(C)C.Cl. The zero-order valence-electron chi connectivity index (χ0n) is 29.1. The summed E-state index contributed by atoms with van der Waals surface area (Å²) in [5, 5.41) is 13.5. The van der Waals surface area contributed by atoms with Crippen molar-refractivity contribution < 1.29 is 19.1 Å². The van der Waals surface area contributed by atoms with E-state index in [4.69, 9.17) is 16.3 Å². The average Bonchev–Trinajstić information content (AvgIpc) is 3.57. The monoisotopic (exact) mass is 714 g/mol. The molecule has 14 heteroatoms. The number of amides is 3. The zero-order chi connectivity index (χ0) is 34.6. The number of hydrogen-bond acceptors (Lipinski definition) is 9. The summed E-state index contributed by atoms with van der Waals surface area (Å²) in [5.41, 5.74) is 2.26. The fraction of sp³-hybridized carbons (Fsp3) is 0.514. The molecule has 0 unspecified atom stereocenters. The number of likely N-dealkylation sites (tertiary alicyclic amines) is 1. The molecule has 2 aliphatic heterocycles. The van der Waals surface area contributed by atoms with Crippen LogP contribution in [0.1, 0.15) is 59.8 Å². The summed E-state index contributed by atoms with van der Waals surface area (Å²) in [7, 11) is 3.21. The Morgan fingerprint density at radius 2 is 1.76 bits per heavy atom. The molecule has 0 spiro atoms. The minimum atomic E-state index is -0.808. The molecular weight excluding hydrogens is 667 g/mol. The molecule has 3 heterocycles. The second-order valence-electron chi connectivity index (χ2n) is 13.6. The summed E-state index contributed by atoms with van der Waals surface area (Å²) in [4.78, 5) is 53.3. The Kier molecular flexibility index (Phi) is 12.6. The first-order valence-corrected chi connectivity index (χ1v) is 17.0. The quantitative estimate of drug-likeness (QED) is 0.214. The number of piperidine rings is 1. The van der Waals surface area contributed by atoms with Crippen molar-refractivity contribution in [3.63, 3.8) is 0 Å². The summed E-state index contributed by atoms with van der Waals surface area (Å²) in [6.07, 6.45) is 6.19. The third-order valence-electron chi connectivity index (χ3n) is 9.19. The predicted molar refractivity (Wildman–Crippen MR) is 197 cm³/mol. The molecule has 3 aromatic rings. The summed E-state index contributed by atoms with van der Waals surface area (Å²) in [6.45, 7) is 9.83. The molecule has 2 saturated heterocycles. The van der Waals surface area contributed by atoms with Crippen LogP contribution in [-0.4, -0.2) is 84.5 Å². The molecule has 0 bridgehead atoms. The summed E-state index contributed by atoms with van der Waals surface area (Å²) in [6, 6.07) is 7.42. The Labute approximate surface area is 299 Å². The number of carbonyl (C=O) groups is 3. The molecule has 0 radical (unpaired) electrons. The van der Waals surface area contributed by atoms with Crippen molar-refractivity contribution in [1.82, 2.24) is 25.5 Å². The van der Waals surface area contributed by atoms with E-state index in [1.54, 1.807) is 31.0 Å². The van der Waals surface area contributed by atoms with Gasteiger partial charge in [-0.15, -0.1) is 12.4 Å². The van der Waals surface area contributed by atoms with Crippen molar-refractivity contribution in [1.29, 1.82) is 0 Å². The van der Waals surface area contributed by atoms with Crippen LogP contribution in [0.3, 0.4) is 0 Å². The number of fused-ring (bicyclic) bond motifs is 1. The summed E-state index contributed by atoms with van der Waals surface area (Å²) in [5.74, 6) is 0.0572. The van der Waals surface area contributed by atoms with Crippen molar-refractivity contribution in [3.8, 4) is 5.75 Å². The summed E-state index contributed by atoms with van der Waals surface area (Å²) < 4.78 is 5.64. The maximum absolute atomic E-state index is 13.9. The van der Waals surface area contributed by atoms with E-state index in [0.717, 1.165) is 37.3 Å². The van der Waals surface area contributed by atoms with Gasteiger partial charge in [0, 0.05) is 36.8 Å². The first-order valence-electron chi connectivity index (χ1n) is 16.6. The van der Waals surface area contributed by atoms with Crippen LogP contribution < -0.4 is 30.9 Å². The molecule has 3 atom stereocenters. The third kappa shape index (κ3) is 8.66. The molecule has 0 saturated carbocycles. The van der Waals surface area contributed by atoms with Crippen LogP contribution in [0.2, 0.25) is 5.02 Å². The highest BCUT2D eigenvalue weighted by Crippen LogP contribution is 2.36. The van der Waals surface area contributed by atoms with Crippen molar-refractivity contribution in [2.45, 2.75) is 77.9 Å². The second kappa shape index (κ2) is 16.2. The molecule has 266 valence electrons. The maximum atomic E-state index is 13.9. The Balaban J connectivity index is 0.00000541. The predicted octanol–water partition coefficient (Wildman–Crippen LogP) is 5.52. The highest BCUT2D eigenvalue weighted by Gasteiger charge is 2.42. The van der Waals surface area contributed by atoms with Crippen LogP contribution >= 0.6 is 24.0 Å². The topological polar surface area (TPSA) is 141 Å². The number of ether oxygens (including phenoxy) is 1. The molecule has 0 aliphatic carbocycles. The minimum absolute atomic E-state index is 0. The molecule has 4 N–H and O–H groups in total. The number of hydrogen-bond donors (Lipinski definition) is 4. The fourth-order valence-electron chi connectivity index (χ4n) is 6.29. The van der Waals surface area contributed by atoms with Crippen molar-refractivity contribution in [2.75, 3.05) is 49.3 Å². The molecule has 2 fully saturated rings. The third-order valence-corrected chi connectivity index (χ3v) is 9.49. The maximum Gasteiger partial charge on any atom is 0.247 e. The highest BCUT2D eigenvalue weighted by molar-refractivity contribution is 6.33. The van der Waals surface area contributed by atoms with Crippen LogP contribution in [0.4, 0.5) is 22.9 Å². The number of rotatable bonds is 10. The molecule has 2 aliphatic rings. The van der Waals surface area contributed by atoms with Gasteiger partial charge in [-0.1, -0.05) is 32.4 Å². The van der Waals surface area contributed by atoms with Crippen molar-refractivity contribution in [3.05, 3.63) is 41.7 Å². The van der Waals surface area contributed by atoms with Gasteiger partial charge in [0.05, 0.1) is 35.1 Å². The fourth-order valence-corrected chi connectivity index (χ4v) is 6.59. The average molecular weight is 716 g/mol. The number of methoxy groups -OCH3 is 1. The molecule has 2 aromatic carbocycles. The Hall–Kier alpha value is -3.87. The van der Waals surface area contributed by atoms with Gasteiger partial charge in [-0.3, -0.25) is 14.4 Å². The van der Waals surface area contributed by atoms with Gasteiger partial charge >= 0.3 is 0 Å². The van der Waals surface area contributed by atoms with E-state index in [0.29, 0.717) is 52.6 Å². The summed E-state index contributed by atoms with van der Waals surface area (Å²) >= 11 is 6.73. The van der Waals surface area contributed by atoms with E-state index >= 15 is 0 Å². The van der Waals surface area contributed by atoms with Crippen LogP contribution in [0, 0.1) is 5.41 Å². The second-order valence-corrected chi connectivity index (χ2v) is 14.0. The highest BCUT2D eigenvalue weighted by atomic mass is 35.5. The smallest absolute Gasteiger partial charge is 0.247 e. The van der Waals surface area contributed by atoms with Crippen molar-refractivity contribution >= 4 is 75.5 Å². The Morgan fingerprint density at radius 3 is 2.41 bits per heavy atom. The molecular formula is C35H48Cl2N8O4. The van der Waals surface area contributed by atoms with E-state index in [9.17, 15) is 14.4 Å². The lowest BCUT2D eigenvalue weighted by molar-refractivity contribution is -0.143. The lowest BCUT2D eigenvalue weighted by atomic mass is 9.85. The standard InChI is InChI=1S/C35H47ClN8O4.ClH/c1-21(37-5)32(45)42-30(35(2,3)4)34(47)44-16-10-11-28(44)33(46)41-26-18-23-25(19-29(26)48-6)38-20-39-31(23)40-22-12-13-27(24(36)17-22)43-14-8-7-9-15-43;/h12-13,17-21,28,30,37H,7-11,14-16H2,1-6H3,(H,41,46)(H,42,45)(H,38,39,40);1H/t21-,28-,30+;/m0./s1. The number of aromatic nitrogens is 2. The van der Waals surface area contributed by atoms with Gasteiger partial charge in [0.1, 0.15) is 30.0 Å². The lowest BCUT2D eigenvalue weighted by Gasteiger charge is -2.36. The number of anilines is 4. The lowest BCUT2D eigenvalue weighted by Crippen LogP contribution is -2.59. The van der Waals surface area contributed by atoms with E-state index in [1.165, 1.54) is 19.9 Å². The normalized spacial score (nSPS) is 17.6. The van der Waals surface area contributed by atoms with Gasteiger partial charge in [0.25, 0.3) is 0 Å². The zero-order valence-corrected chi connectivity index (χ0v) is 30.6. The van der Waals surface area contributed by atoms with Gasteiger partial charge in [-0.2, -0.15) is 0 Å². The first-order chi connectivity index (χ1) is 22.9. The van der Waals surface area contributed by atoms with Crippen LogP contribution in [0.15, 0.2) is 36.7 Å². The first kappa shape index (κ1) is 37.9. The number of halogens is 2. The Bertz CT molecular complexity index is 1660. The van der Waals surface area contributed by atoms with Crippen LogP contribution in [-0.2, 0) is 14.4 Å². The molecule has 5 rings (SSSR count).